The van der Waals surface area contributed by atoms with Crippen LogP contribution in [0.15, 0.2) is 27.8 Å². The summed E-state index contributed by atoms with van der Waals surface area (Å²) in [5.41, 5.74) is 0.797. The van der Waals surface area contributed by atoms with Crippen LogP contribution in [0.3, 0.4) is 0 Å². The average Bonchev–Trinajstić information content (AvgIpc) is 3.12. The molecule has 1 aromatic carbocycles. The molecule has 10 heteroatoms. The van der Waals surface area contributed by atoms with Crippen LogP contribution < -0.4 is 20.7 Å². The Kier molecular flexibility index (Phi) is 7.60. The Balaban J connectivity index is 1.92. The molecule has 0 saturated carbocycles. The number of rotatable bonds is 9. The van der Waals surface area contributed by atoms with E-state index in [1.165, 1.54) is 16.2 Å². The van der Waals surface area contributed by atoms with Crippen molar-refractivity contribution in [1.82, 2.24) is 18.7 Å². The van der Waals surface area contributed by atoms with E-state index in [4.69, 9.17) is 14.2 Å². The summed E-state index contributed by atoms with van der Waals surface area (Å²) in [7, 11) is 3.25. The molecule has 0 unspecified atom stereocenters. The maximum Gasteiger partial charge on any atom is 0.344 e. The largest absolute Gasteiger partial charge is 0.493 e. The van der Waals surface area contributed by atoms with Crippen LogP contribution in [0.1, 0.15) is 39.1 Å². The number of hydrogen-bond donors (Lipinski definition) is 0. The molecule has 34 heavy (non-hydrogen) atoms. The van der Waals surface area contributed by atoms with E-state index in [0.717, 1.165) is 5.56 Å². The standard InChI is InChI=1S/C24H30N4O6/c1-7-27-22-21(23(30)28(8-2)24(27)31)26(5)19(25-22)12-10-16-9-11-17(18(13-16)32-6)33-14-20(29)34-15(3)4/h9-13,15H,7-8,14H2,1-6H3/b12-10+. The summed E-state index contributed by atoms with van der Waals surface area (Å²) in [5.74, 6) is 0.930. The number of aromatic nitrogens is 4. The number of fused-ring (bicyclic) bond motifs is 1. The Labute approximate surface area is 197 Å². The number of ether oxygens (including phenoxy) is 3. The van der Waals surface area contributed by atoms with Gasteiger partial charge in [-0.2, -0.15) is 0 Å². The number of methoxy groups -OCH3 is 1. The highest BCUT2D eigenvalue weighted by molar-refractivity contribution is 5.77. The molecule has 0 fully saturated rings. The van der Waals surface area contributed by atoms with E-state index in [1.54, 1.807) is 56.7 Å². The van der Waals surface area contributed by atoms with E-state index in [1.807, 2.05) is 13.0 Å². The fourth-order valence-corrected chi connectivity index (χ4v) is 3.60. The molecule has 182 valence electrons. The SMILES string of the molecule is CCn1c(=O)c2c(nc(/C=C/c3ccc(OCC(=O)OC(C)C)c(OC)c3)n2C)n(CC)c1=O. The number of carbonyl (C=O) groups is 1. The van der Waals surface area contributed by atoms with Crippen LogP contribution in [0, 0.1) is 0 Å². The van der Waals surface area contributed by atoms with Crippen molar-refractivity contribution in [2.45, 2.75) is 46.9 Å². The monoisotopic (exact) mass is 470 g/mol. The minimum absolute atomic E-state index is 0.217. The van der Waals surface area contributed by atoms with Crippen LogP contribution in [0.5, 0.6) is 11.5 Å². The van der Waals surface area contributed by atoms with Gasteiger partial charge in [0.15, 0.2) is 29.3 Å². The molecule has 0 radical (unpaired) electrons. The Bertz CT molecular complexity index is 1350. The second kappa shape index (κ2) is 10.4. The lowest BCUT2D eigenvalue weighted by Crippen LogP contribution is -2.39. The molecule has 0 atom stereocenters. The highest BCUT2D eigenvalue weighted by Gasteiger charge is 2.18. The van der Waals surface area contributed by atoms with Gasteiger partial charge in [0.05, 0.1) is 13.2 Å². The molecular formula is C24H30N4O6. The fraction of sp³-hybridized carbons (Fsp3) is 0.417. The lowest BCUT2D eigenvalue weighted by atomic mass is 10.2. The molecule has 0 bridgehead atoms. The smallest absolute Gasteiger partial charge is 0.344 e. The fourth-order valence-electron chi connectivity index (χ4n) is 3.60. The maximum absolute atomic E-state index is 12.8. The second-order valence-corrected chi connectivity index (χ2v) is 7.85. The summed E-state index contributed by atoms with van der Waals surface area (Å²) in [6.07, 6.45) is 3.35. The quantitative estimate of drug-likeness (QED) is 0.442. The lowest BCUT2D eigenvalue weighted by Gasteiger charge is -2.12. The van der Waals surface area contributed by atoms with E-state index in [9.17, 15) is 14.4 Å². The van der Waals surface area contributed by atoms with Crippen molar-refractivity contribution in [2.75, 3.05) is 13.7 Å². The summed E-state index contributed by atoms with van der Waals surface area (Å²) >= 11 is 0. The maximum atomic E-state index is 12.8. The first kappa shape index (κ1) is 24.8. The molecule has 2 aromatic heterocycles. The number of esters is 1. The minimum atomic E-state index is -0.462. The van der Waals surface area contributed by atoms with Gasteiger partial charge in [-0.15, -0.1) is 0 Å². The topological polar surface area (TPSA) is 107 Å². The molecule has 0 aliphatic carbocycles. The first-order chi connectivity index (χ1) is 16.2. The average molecular weight is 471 g/mol. The molecule has 0 N–H and O–H groups in total. The van der Waals surface area contributed by atoms with Gasteiger partial charge in [-0.3, -0.25) is 13.9 Å². The third-order valence-corrected chi connectivity index (χ3v) is 5.23. The van der Waals surface area contributed by atoms with Crippen molar-refractivity contribution in [3.05, 3.63) is 50.4 Å². The molecule has 0 spiro atoms. The van der Waals surface area contributed by atoms with Crippen molar-refractivity contribution >= 4 is 29.3 Å². The second-order valence-electron chi connectivity index (χ2n) is 7.85. The van der Waals surface area contributed by atoms with Gasteiger partial charge in [-0.25, -0.2) is 14.6 Å². The van der Waals surface area contributed by atoms with Gasteiger partial charge in [0.25, 0.3) is 5.56 Å². The predicted molar refractivity (Wildman–Crippen MR) is 129 cm³/mol. The molecule has 0 aliphatic rings. The highest BCUT2D eigenvalue weighted by atomic mass is 16.6. The number of hydrogen-bond acceptors (Lipinski definition) is 7. The summed E-state index contributed by atoms with van der Waals surface area (Å²) in [6, 6.07) is 5.26. The van der Waals surface area contributed by atoms with Crippen LogP contribution in [-0.4, -0.2) is 44.5 Å². The van der Waals surface area contributed by atoms with Crippen LogP contribution in [0.2, 0.25) is 0 Å². The zero-order chi connectivity index (χ0) is 25.0. The number of aryl methyl sites for hydroxylation is 2. The molecule has 3 aromatic rings. The Morgan fingerprint density at radius 1 is 1.09 bits per heavy atom. The molecule has 0 amide bonds. The molecule has 0 aliphatic heterocycles. The van der Waals surface area contributed by atoms with Crippen LogP contribution >= 0.6 is 0 Å². The third kappa shape index (κ3) is 4.90. The van der Waals surface area contributed by atoms with Gasteiger partial charge in [-0.05, 0) is 51.5 Å². The third-order valence-electron chi connectivity index (χ3n) is 5.23. The zero-order valence-electron chi connectivity index (χ0n) is 20.3. The predicted octanol–water partition coefficient (Wildman–Crippen LogP) is 2.45. The molecule has 2 heterocycles. The molecular weight excluding hydrogens is 440 g/mol. The number of benzene rings is 1. The van der Waals surface area contributed by atoms with E-state index in [2.05, 4.69) is 4.98 Å². The normalized spacial score (nSPS) is 11.5. The number of imidazole rings is 1. The summed E-state index contributed by atoms with van der Waals surface area (Å²) in [4.78, 5) is 41.7. The minimum Gasteiger partial charge on any atom is -0.493 e. The Morgan fingerprint density at radius 3 is 2.41 bits per heavy atom. The van der Waals surface area contributed by atoms with Crippen LogP contribution in [-0.2, 0) is 29.7 Å². The first-order valence-corrected chi connectivity index (χ1v) is 11.1. The number of nitrogens with zero attached hydrogens (tertiary/aromatic N) is 4. The molecule has 3 rings (SSSR count). The summed E-state index contributed by atoms with van der Waals surface area (Å²) < 4.78 is 20.4. The van der Waals surface area contributed by atoms with Gasteiger partial charge in [0.1, 0.15) is 5.82 Å². The van der Waals surface area contributed by atoms with Crippen LogP contribution in [0.4, 0.5) is 0 Å². The van der Waals surface area contributed by atoms with E-state index in [-0.39, 0.29) is 30.5 Å². The number of carbonyl (C=O) groups excluding carboxylic acids is 1. The van der Waals surface area contributed by atoms with Gasteiger partial charge in [0.2, 0.25) is 0 Å². The van der Waals surface area contributed by atoms with E-state index >= 15 is 0 Å². The van der Waals surface area contributed by atoms with Crippen molar-refractivity contribution in [1.29, 1.82) is 0 Å². The van der Waals surface area contributed by atoms with E-state index < -0.39 is 5.97 Å². The van der Waals surface area contributed by atoms with Crippen LogP contribution in [0.25, 0.3) is 23.3 Å². The van der Waals surface area contributed by atoms with Crippen molar-refractivity contribution in [3.8, 4) is 11.5 Å². The molecule has 0 saturated heterocycles. The van der Waals surface area contributed by atoms with Gasteiger partial charge in [0, 0.05) is 20.1 Å². The Hall–Kier alpha value is -3.82. The summed E-state index contributed by atoms with van der Waals surface area (Å²) in [5, 5.41) is 0. The van der Waals surface area contributed by atoms with E-state index in [0.29, 0.717) is 35.0 Å². The van der Waals surface area contributed by atoms with Gasteiger partial charge in [-0.1, -0.05) is 12.1 Å². The molecule has 10 nitrogen and oxygen atoms in total. The van der Waals surface area contributed by atoms with Crippen molar-refractivity contribution < 1.29 is 19.0 Å². The summed E-state index contributed by atoms with van der Waals surface area (Å²) in [6.45, 7) is 7.61. The first-order valence-electron chi connectivity index (χ1n) is 11.1. The van der Waals surface area contributed by atoms with Crippen molar-refractivity contribution in [3.63, 3.8) is 0 Å². The van der Waals surface area contributed by atoms with Gasteiger partial charge < -0.3 is 18.8 Å². The lowest BCUT2D eigenvalue weighted by molar-refractivity contribution is -0.149. The highest BCUT2D eigenvalue weighted by Crippen LogP contribution is 2.29. The Morgan fingerprint density at radius 2 is 1.79 bits per heavy atom. The van der Waals surface area contributed by atoms with Gasteiger partial charge >= 0.3 is 11.7 Å². The van der Waals surface area contributed by atoms with Crippen molar-refractivity contribution in [2.24, 2.45) is 7.05 Å². The zero-order valence-corrected chi connectivity index (χ0v) is 20.3.